The number of thiazole rings is 1. The molecule has 0 unspecified atom stereocenters. The number of aromatic nitrogens is 1. The van der Waals surface area contributed by atoms with Gasteiger partial charge in [0.25, 0.3) is 5.91 Å². The number of hydrogen-bond acceptors (Lipinski definition) is 6. The molecular formula is C30H45N3O2S2. The summed E-state index contributed by atoms with van der Waals surface area (Å²) >= 11 is 3.27. The van der Waals surface area contributed by atoms with Gasteiger partial charge in [0.1, 0.15) is 0 Å². The molecule has 1 aliphatic carbocycles. The van der Waals surface area contributed by atoms with Gasteiger partial charge in [0.15, 0.2) is 5.01 Å². The largest absolute Gasteiger partial charge is 0.381 e. The van der Waals surface area contributed by atoms with Crippen LogP contribution in [-0.4, -0.2) is 35.7 Å². The van der Waals surface area contributed by atoms with E-state index >= 15 is 0 Å². The summed E-state index contributed by atoms with van der Waals surface area (Å²) in [6.07, 6.45) is 9.19. The maximum Gasteiger partial charge on any atom is 0.280 e. The molecule has 0 atom stereocenters. The van der Waals surface area contributed by atoms with Gasteiger partial charge in [-0.3, -0.25) is 9.52 Å². The Morgan fingerprint density at radius 2 is 1.76 bits per heavy atom. The first kappa shape index (κ1) is 28.6. The molecule has 4 rings (SSSR count). The summed E-state index contributed by atoms with van der Waals surface area (Å²) in [5, 5.41) is 3.82. The molecule has 7 heteroatoms. The molecule has 0 spiro atoms. The van der Waals surface area contributed by atoms with Crippen LogP contribution in [0.4, 0.5) is 0 Å². The number of carbonyl (C=O) groups excluding carboxylic acids is 1. The Hall–Kier alpha value is -1.41. The van der Waals surface area contributed by atoms with Gasteiger partial charge in [-0.25, -0.2) is 4.98 Å². The van der Waals surface area contributed by atoms with Crippen LogP contribution in [0.1, 0.15) is 108 Å². The number of carbonyl (C=O) groups is 1. The summed E-state index contributed by atoms with van der Waals surface area (Å²) in [5.41, 5.74) is 3.61. The quantitative estimate of drug-likeness (QED) is 0.353. The highest BCUT2D eigenvalue weighted by atomic mass is 32.2. The first-order chi connectivity index (χ1) is 17.5. The van der Waals surface area contributed by atoms with Crippen molar-refractivity contribution in [2.75, 3.05) is 13.2 Å². The lowest BCUT2D eigenvalue weighted by atomic mass is 9.84. The van der Waals surface area contributed by atoms with E-state index in [0.717, 1.165) is 29.8 Å². The molecule has 0 radical (unpaired) electrons. The number of nitrogens with zero attached hydrogens (tertiary/aromatic N) is 1. The van der Waals surface area contributed by atoms with E-state index in [0.29, 0.717) is 24.1 Å². The second-order valence-electron chi connectivity index (χ2n) is 12.8. The zero-order valence-corrected chi connectivity index (χ0v) is 25.2. The van der Waals surface area contributed by atoms with Crippen LogP contribution in [0.15, 0.2) is 23.1 Å². The van der Waals surface area contributed by atoms with Gasteiger partial charge < -0.3 is 10.1 Å². The summed E-state index contributed by atoms with van der Waals surface area (Å²) in [7, 11) is 0. The number of amides is 1. The summed E-state index contributed by atoms with van der Waals surface area (Å²) in [5.74, 6) is 0.625. The van der Waals surface area contributed by atoms with Gasteiger partial charge in [0.2, 0.25) is 0 Å². The average molecular weight is 544 g/mol. The maximum atomic E-state index is 13.2. The normalized spacial score (nSPS) is 18.2. The van der Waals surface area contributed by atoms with E-state index in [4.69, 9.17) is 9.72 Å². The van der Waals surface area contributed by atoms with Gasteiger partial charge in [-0.15, -0.1) is 11.3 Å². The molecule has 1 aliphatic heterocycles. The van der Waals surface area contributed by atoms with Gasteiger partial charge in [-0.05, 0) is 86.6 Å². The van der Waals surface area contributed by atoms with Gasteiger partial charge >= 0.3 is 0 Å². The third-order valence-electron chi connectivity index (χ3n) is 7.17. The van der Waals surface area contributed by atoms with Gasteiger partial charge in [0.05, 0.1) is 10.6 Å². The van der Waals surface area contributed by atoms with Gasteiger partial charge in [-0.2, -0.15) is 0 Å². The molecule has 2 fully saturated rings. The van der Waals surface area contributed by atoms with Crippen molar-refractivity contribution in [2.45, 2.75) is 115 Å². The number of ether oxygens (including phenoxy) is 1. The number of hydrogen-bond donors (Lipinski definition) is 2. The van der Waals surface area contributed by atoms with E-state index in [1.807, 2.05) is 0 Å². The predicted octanol–water partition coefficient (Wildman–Crippen LogP) is 7.53. The first-order valence-corrected chi connectivity index (χ1v) is 15.6. The Bertz CT molecular complexity index is 1060. The van der Waals surface area contributed by atoms with E-state index < -0.39 is 0 Å². The fourth-order valence-corrected chi connectivity index (χ4v) is 7.14. The molecule has 2 heterocycles. The first-order valence-electron chi connectivity index (χ1n) is 14.0. The Morgan fingerprint density at radius 3 is 2.41 bits per heavy atom. The molecule has 0 bridgehead atoms. The van der Waals surface area contributed by atoms with Crippen molar-refractivity contribution in [3.8, 4) is 10.4 Å². The van der Waals surface area contributed by atoms with Crippen molar-refractivity contribution < 1.29 is 9.53 Å². The van der Waals surface area contributed by atoms with Crippen LogP contribution in [0.2, 0.25) is 0 Å². The van der Waals surface area contributed by atoms with Crippen molar-refractivity contribution in [1.82, 2.24) is 15.0 Å². The molecule has 2 N–H and O–H groups in total. The average Bonchev–Trinajstić information content (AvgIpc) is 3.27. The molecule has 5 nitrogen and oxygen atoms in total. The van der Waals surface area contributed by atoms with Crippen LogP contribution in [0, 0.1) is 5.92 Å². The molecule has 1 aromatic carbocycles. The molecule has 1 saturated heterocycles. The number of benzene rings is 1. The zero-order valence-electron chi connectivity index (χ0n) is 23.5. The van der Waals surface area contributed by atoms with Crippen molar-refractivity contribution in [2.24, 2.45) is 5.92 Å². The molecule has 2 aromatic rings. The Labute approximate surface area is 232 Å². The Kier molecular flexibility index (Phi) is 9.42. The van der Waals surface area contributed by atoms with Gasteiger partial charge in [-0.1, -0.05) is 58.9 Å². The Morgan fingerprint density at radius 1 is 1.05 bits per heavy atom. The fraction of sp³-hybridized carbons (Fsp3) is 0.667. The second-order valence-corrected chi connectivity index (χ2v) is 14.6. The minimum atomic E-state index is -0.0364. The number of rotatable bonds is 7. The minimum Gasteiger partial charge on any atom is -0.381 e. The highest BCUT2D eigenvalue weighted by Crippen LogP contribution is 2.40. The molecule has 1 aromatic heterocycles. The highest BCUT2D eigenvalue weighted by molar-refractivity contribution is 7.97. The lowest BCUT2D eigenvalue weighted by molar-refractivity contribution is 0.0696. The van der Waals surface area contributed by atoms with Crippen molar-refractivity contribution in [3.05, 3.63) is 34.5 Å². The molecule has 204 valence electrons. The van der Waals surface area contributed by atoms with E-state index in [-0.39, 0.29) is 22.9 Å². The summed E-state index contributed by atoms with van der Waals surface area (Å²) in [6.45, 7) is 14.8. The summed E-state index contributed by atoms with van der Waals surface area (Å²) < 4.78 is 9.04. The zero-order chi connectivity index (χ0) is 26.6. The van der Waals surface area contributed by atoms with E-state index in [2.05, 4.69) is 69.8 Å². The van der Waals surface area contributed by atoms with Crippen LogP contribution >= 0.6 is 23.3 Å². The third-order valence-corrected chi connectivity index (χ3v) is 9.61. The van der Waals surface area contributed by atoms with Crippen molar-refractivity contribution >= 4 is 29.2 Å². The van der Waals surface area contributed by atoms with Crippen molar-refractivity contribution in [3.63, 3.8) is 0 Å². The molecule has 37 heavy (non-hydrogen) atoms. The molecule has 2 aliphatic rings. The summed E-state index contributed by atoms with van der Waals surface area (Å²) in [4.78, 5) is 20.6. The van der Waals surface area contributed by atoms with Crippen LogP contribution in [0.5, 0.6) is 0 Å². The topological polar surface area (TPSA) is 63.2 Å². The molecule has 1 amide bonds. The van der Waals surface area contributed by atoms with Crippen LogP contribution < -0.4 is 10.0 Å². The number of nitrogens with one attached hydrogen (secondary N) is 2. The standard InChI is InChI=1S/C30H45N3O2S2/c1-29(2,3)23-19-21(12-13-25(23)37-33-30(4,5)6)26-24(18-20-10-8-7-9-11-20)32-28(36-26)27(34)31-22-14-16-35-17-15-22/h12-13,19-20,22,33H,7-11,14-18H2,1-6H3,(H,31,34). The smallest absolute Gasteiger partial charge is 0.280 e. The van der Waals surface area contributed by atoms with E-state index in [1.54, 1.807) is 23.3 Å². The second kappa shape index (κ2) is 12.2. The Balaban J connectivity index is 1.66. The van der Waals surface area contributed by atoms with Crippen LogP contribution in [0.3, 0.4) is 0 Å². The third kappa shape index (κ3) is 8.04. The molecular weight excluding hydrogens is 498 g/mol. The highest BCUT2D eigenvalue weighted by Gasteiger charge is 2.26. The van der Waals surface area contributed by atoms with Crippen molar-refractivity contribution in [1.29, 1.82) is 0 Å². The predicted molar refractivity (Wildman–Crippen MR) is 157 cm³/mol. The SMILES string of the molecule is CC(C)(C)NSc1ccc(-c2sc(C(=O)NC3CCOCC3)nc2CC2CCCCC2)cc1C(C)(C)C. The maximum absolute atomic E-state index is 13.2. The molecule has 1 saturated carbocycles. The van der Waals surface area contributed by atoms with Crippen LogP contribution in [0.25, 0.3) is 10.4 Å². The van der Waals surface area contributed by atoms with E-state index in [9.17, 15) is 4.79 Å². The minimum absolute atomic E-state index is 0.00458. The van der Waals surface area contributed by atoms with E-state index in [1.165, 1.54) is 48.1 Å². The van der Waals surface area contributed by atoms with Gasteiger partial charge in [0, 0.05) is 29.7 Å². The lowest BCUT2D eigenvalue weighted by Gasteiger charge is -2.26. The summed E-state index contributed by atoms with van der Waals surface area (Å²) in [6, 6.07) is 6.98. The monoisotopic (exact) mass is 543 g/mol. The lowest BCUT2D eigenvalue weighted by Crippen LogP contribution is -2.38. The fourth-order valence-electron chi connectivity index (χ4n) is 5.12. The van der Waals surface area contributed by atoms with Crippen LogP contribution in [-0.2, 0) is 16.6 Å².